The molecule has 0 aromatic carbocycles. The monoisotopic (exact) mass is 286 g/mol. The Kier molecular flexibility index (Phi) is 5.95. The number of carboxylic acids is 1. The Morgan fingerprint density at radius 2 is 2.15 bits per heavy atom. The highest BCUT2D eigenvalue weighted by molar-refractivity contribution is 5.82. The van der Waals surface area contributed by atoms with E-state index in [1.807, 2.05) is 32.6 Å². The van der Waals surface area contributed by atoms with Gasteiger partial charge in [-0.3, -0.25) is 14.5 Å². The minimum atomic E-state index is -0.869. The van der Waals surface area contributed by atoms with Crippen molar-refractivity contribution in [3.63, 3.8) is 0 Å². The van der Waals surface area contributed by atoms with Crippen LogP contribution in [-0.2, 0) is 14.3 Å². The Hall–Kier alpha value is -1.14. The smallest absolute Gasteiger partial charge is 0.305 e. The highest BCUT2D eigenvalue weighted by Crippen LogP contribution is 2.16. The second-order valence-electron chi connectivity index (χ2n) is 5.97. The molecule has 0 radical (unpaired) electrons. The third-order valence-electron chi connectivity index (χ3n) is 3.91. The maximum Gasteiger partial charge on any atom is 0.305 e. The number of aliphatic carboxylic acids is 1. The SMILES string of the molecule is CCC(C)(C)NC(=O)C(C)N1CCOCC1CC(=O)O. The molecule has 1 saturated heterocycles. The van der Waals surface area contributed by atoms with E-state index in [0.717, 1.165) is 6.42 Å². The van der Waals surface area contributed by atoms with Gasteiger partial charge in [0.15, 0.2) is 0 Å². The van der Waals surface area contributed by atoms with E-state index >= 15 is 0 Å². The molecule has 0 saturated carbocycles. The molecule has 1 fully saturated rings. The van der Waals surface area contributed by atoms with Gasteiger partial charge in [0, 0.05) is 18.1 Å². The van der Waals surface area contributed by atoms with E-state index in [9.17, 15) is 9.59 Å². The molecule has 1 aliphatic rings. The van der Waals surface area contributed by atoms with Crippen molar-refractivity contribution in [2.45, 2.75) is 58.2 Å². The minimum Gasteiger partial charge on any atom is -0.481 e. The first-order valence-corrected chi connectivity index (χ1v) is 7.14. The molecule has 0 bridgehead atoms. The number of hydrogen-bond acceptors (Lipinski definition) is 4. The number of rotatable bonds is 6. The number of nitrogens with one attached hydrogen (secondary N) is 1. The molecule has 20 heavy (non-hydrogen) atoms. The van der Waals surface area contributed by atoms with Gasteiger partial charge >= 0.3 is 5.97 Å². The highest BCUT2D eigenvalue weighted by atomic mass is 16.5. The van der Waals surface area contributed by atoms with Crippen LogP contribution in [0.4, 0.5) is 0 Å². The molecule has 0 aliphatic carbocycles. The van der Waals surface area contributed by atoms with Gasteiger partial charge in [-0.2, -0.15) is 0 Å². The van der Waals surface area contributed by atoms with Crippen LogP contribution in [0.2, 0.25) is 0 Å². The molecule has 0 aromatic heterocycles. The van der Waals surface area contributed by atoms with Crippen LogP contribution in [-0.4, -0.2) is 59.3 Å². The molecule has 2 atom stereocenters. The van der Waals surface area contributed by atoms with Crippen LogP contribution in [0.15, 0.2) is 0 Å². The molecule has 6 nitrogen and oxygen atoms in total. The number of amides is 1. The van der Waals surface area contributed by atoms with E-state index in [1.165, 1.54) is 0 Å². The zero-order valence-corrected chi connectivity index (χ0v) is 12.8. The second-order valence-corrected chi connectivity index (χ2v) is 5.97. The molecular formula is C14H26N2O4. The predicted molar refractivity (Wildman–Crippen MR) is 75.5 cm³/mol. The minimum absolute atomic E-state index is 0.00517. The lowest BCUT2D eigenvalue weighted by Gasteiger charge is -2.39. The molecule has 2 unspecified atom stereocenters. The van der Waals surface area contributed by atoms with E-state index in [1.54, 1.807) is 0 Å². The van der Waals surface area contributed by atoms with Crippen molar-refractivity contribution in [3.8, 4) is 0 Å². The van der Waals surface area contributed by atoms with Crippen LogP contribution in [0.25, 0.3) is 0 Å². The van der Waals surface area contributed by atoms with E-state index < -0.39 is 5.97 Å². The van der Waals surface area contributed by atoms with Crippen LogP contribution in [0.5, 0.6) is 0 Å². The normalized spacial score (nSPS) is 22.3. The lowest BCUT2D eigenvalue weighted by Crippen LogP contribution is -2.57. The summed E-state index contributed by atoms with van der Waals surface area (Å²) in [6.07, 6.45) is 0.835. The molecule has 1 aliphatic heterocycles. The second kappa shape index (κ2) is 7.04. The summed E-state index contributed by atoms with van der Waals surface area (Å²) in [6.45, 7) is 9.27. The summed E-state index contributed by atoms with van der Waals surface area (Å²) >= 11 is 0. The molecule has 6 heteroatoms. The van der Waals surface area contributed by atoms with E-state index in [-0.39, 0.29) is 30.0 Å². The maximum absolute atomic E-state index is 12.3. The molecule has 1 rings (SSSR count). The van der Waals surface area contributed by atoms with Crippen molar-refractivity contribution in [1.29, 1.82) is 0 Å². The van der Waals surface area contributed by atoms with Gasteiger partial charge < -0.3 is 15.2 Å². The number of carbonyl (C=O) groups excluding carboxylic acids is 1. The number of ether oxygens (including phenoxy) is 1. The van der Waals surface area contributed by atoms with Crippen LogP contribution < -0.4 is 5.32 Å². The number of morpholine rings is 1. The Morgan fingerprint density at radius 1 is 1.50 bits per heavy atom. The lowest BCUT2D eigenvalue weighted by atomic mass is 10.0. The molecular weight excluding hydrogens is 260 g/mol. The Balaban J connectivity index is 2.69. The van der Waals surface area contributed by atoms with Gasteiger partial charge in [0.05, 0.1) is 25.7 Å². The van der Waals surface area contributed by atoms with Crippen molar-refractivity contribution in [2.24, 2.45) is 0 Å². The number of hydrogen-bond donors (Lipinski definition) is 2. The standard InChI is InChI=1S/C14H26N2O4/c1-5-14(3,4)15-13(19)10(2)16-6-7-20-9-11(16)8-12(17)18/h10-11H,5-9H2,1-4H3,(H,15,19)(H,17,18). The average molecular weight is 286 g/mol. The molecule has 1 heterocycles. The van der Waals surface area contributed by atoms with Gasteiger partial charge in [-0.1, -0.05) is 6.92 Å². The topological polar surface area (TPSA) is 78.9 Å². The fourth-order valence-electron chi connectivity index (χ4n) is 2.23. The van der Waals surface area contributed by atoms with Gasteiger partial charge in [0.25, 0.3) is 0 Å². The largest absolute Gasteiger partial charge is 0.481 e. The molecule has 1 amide bonds. The van der Waals surface area contributed by atoms with Crippen molar-refractivity contribution in [3.05, 3.63) is 0 Å². The third-order valence-corrected chi connectivity index (χ3v) is 3.91. The van der Waals surface area contributed by atoms with Crippen LogP contribution in [0.3, 0.4) is 0 Å². The summed E-state index contributed by atoms with van der Waals surface area (Å²) in [5.41, 5.74) is -0.250. The van der Waals surface area contributed by atoms with E-state index in [2.05, 4.69) is 5.32 Å². The summed E-state index contributed by atoms with van der Waals surface area (Å²) in [4.78, 5) is 25.1. The van der Waals surface area contributed by atoms with Gasteiger partial charge in [-0.25, -0.2) is 0 Å². The van der Waals surface area contributed by atoms with Crippen molar-refractivity contribution < 1.29 is 19.4 Å². The quantitative estimate of drug-likeness (QED) is 0.757. The maximum atomic E-state index is 12.3. The molecule has 0 aromatic rings. The Labute approximate surface area is 120 Å². The first-order chi connectivity index (χ1) is 9.26. The third kappa shape index (κ3) is 4.76. The molecule has 2 N–H and O–H groups in total. The lowest BCUT2D eigenvalue weighted by molar-refractivity contribution is -0.143. The average Bonchev–Trinajstić information content (AvgIpc) is 2.37. The number of carboxylic acid groups (broad SMARTS) is 1. The van der Waals surface area contributed by atoms with Crippen LogP contribution in [0.1, 0.15) is 40.5 Å². The van der Waals surface area contributed by atoms with E-state index in [4.69, 9.17) is 9.84 Å². The molecule has 116 valence electrons. The fraction of sp³-hybridized carbons (Fsp3) is 0.857. The fourth-order valence-corrected chi connectivity index (χ4v) is 2.23. The van der Waals surface area contributed by atoms with Gasteiger partial charge in [0.1, 0.15) is 0 Å². The van der Waals surface area contributed by atoms with Crippen LogP contribution in [0, 0.1) is 0 Å². The van der Waals surface area contributed by atoms with Crippen molar-refractivity contribution in [1.82, 2.24) is 10.2 Å². The van der Waals surface area contributed by atoms with Gasteiger partial charge in [0.2, 0.25) is 5.91 Å². The van der Waals surface area contributed by atoms with Gasteiger partial charge in [-0.15, -0.1) is 0 Å². The summed E-state index contributed by atoms with van der Waals surface area (Å²) in [7, 11) is 0. The summed E-state index contributed by atoms with van der Waals surface area (Å²) in [5, 5.41) is 12.0. The predicted octanol–water partition coefficient (Wildman–Crippen LogP) is 0.855. The summed E-state index contributed by atoms with van der Waals surface area (Å²) < 4.78 is 5.33. The number of nitrogens with zero attached hydrogens (tertiary/aromatic N) is 1. The van der Waals surface area contributed by atoms with Crippen molar-refractivity contribution >= 4 is 11.9 Å². The van der Waals surface area contributed by atoms with Crippen LogP contribution >= 0.6 is 0 Å². The van der Waals surface area contributed by atoms with Crippen molar-refractivity contribution in [2.75, 3.05) is 19.8 Å². The van der Waals surface area contributed by atoms with Gasteiger partial charge in [-0.05, 0) is 27.2 Å². The highest BCUT2D eigenvalue weighted by Gasteiger charge is 2.33. The van der Waals surface area contributed by atoms with E-state index in [0.29, 0.717) is 19.8 Å². The first kappa shape index (κ1) is 16.9. The summed E-state index contributed by atoms with van der Waals surface area (Å²) in [5.74, 6) is -0.930. The Bertz CT molecular complexity index is 357. The summed E-state index contributed by atoms with van der Waals surface area (Å²) in [6, 6.07) is -0.596. The first-order valence-electron chi connectivity index (χ1n) is 7.14. The zero-order valence-electron chi connectivity index (χ0n) is 12.8. The Morgan fingerprint density at radius 3 is 2.70 bits per heavy atom. The molecule has 0 spiro atoms. The number of carbonyl (C=O) groups is 2. The zero-order chi connectivity index (χ0) is 15.3.